The number of benzene rings is 1. The van der Waals surface area contributed by atoms with E-state index in [1.54, 1.807) is 30.1 Å². The summed E-state index contributed by atoms with van der Waals surface area (Å²) in [6.07, 6.45) is 4.75. The van der Waals surface area contributed by atoms with Gasteiger partial charge in [0.2, 0.25) is 0 Å². The van der Waals surface area contributed by atoms with Crippen LogP contribution in [-0.4, -0.2) is 65.7 Å². The number of carbonyl (C=O) groups is 2. The summed E-state index contributed by atoms with van der Waals surface area (Å²) >= 11 is 1.61. The van der Waals surface area contributed by atoms with Crippen molar-refractivity contribution in [3.05, 3.63) is 47.5 Å². The number of nitrogens with one attached hydrogen (secondary N) is 2. The Hall–Kier alpha value is -2.68. The standard InChI is InChI=1S/C20H26N4O4S/c1-27-16-7-5-4-6-13(16)18-17-14(21-12-22-17)8-10-24(18)20(26)23-15(9-11-29-3)19(25)28-2/h4-7,12,15,18H,8-11H2,1-3H3,(H,21,22)(H,23,26). The third-order valence-electron chi connectivity index (χ3n) is 5.01. The van der Waals surface area contributed by atoms with Crippen LogP contribution in [0.3, 0.4) is 0 Å². The monoisotopic (exact) mass is 418 g/mol. The number of imidazole rings is 1. The number of carbonyl (C=O) groups excluding carboxylic acids is 2. The fraction of sp³-hybridized carbons (Fsp3) is 0.450. The number of aromatic nitrogens is 2. The molecule has 0 spiro atoms. The van der Waals surface area contributed by atoms with Gasteiger partial charge in [0.05, 0.1) is 26.2 Å². The molecule has 1 aliphatic heterocycles. The van der Waals surface area contributed by atoms with E-state index < -0.39 is 18.1 Å². The van der Waals surface area contributed by atoms with Crippen molar-refractivity contribution in [2.45, 2.75) is 24.9 Å². The predicted octanol–water partition coefficient (Wildman–Crippen LogP) is 2.37. The number of hydrogen-bond donors (Lipinski definition) is 2. The molecule has 2 aromatic rings. The second kappa shape index (κ2) is 9.69. The summed E-state index contributed by atoms with van der Waals surface area (Å²) in [6.45, 7) is 0.486. The third-order valence-corrected chi connectivity index (χ3v) is 5.66. The number of rotatable bonds is 7. The number of amides is 2. The molecule has 8 nitrogen and oxygen atoms in total. The van der Waals surface area contributed by atoms with Crippen LogP contribution >= 0.6 is 11.8 Å². The lowest BCUT2D eigenvalue weighted by atomic mass is 9.95. The molecule has 156 valence electrons. The number of methoxy groups -OCH3 is 2. The van der Waals surface area contributed by atoms with Gasteiger partial charge in [-0.3, -0.25) is 0 Å². The van der Waals surface area contributed by atoms with Crippen molar-refractivity contribution in [2.75, 3.05) is 32.8 Å². The first-order chi connectivity index (χ1) is 14.1. The van der Waals surface area contributed by atoms with Crippen molar-refractivity contribution in [2.24, 2.45) is 0 Å². The van der Waals surface area contributed by atoms with Crippen LogP contribution in [0.15, 0.2) is 30.6 Å². The van der Waals surface area contributed by atoms with Gasteiger partial charge in [0.15, 0.2) is 0 Å². The Bertz CT molecular complexity index is 857. The van der Waals surface area contributed by atoms with E-state index in [2.05, 4.69) is 15.3 Å². The number of aromatic amines is 1. The summed E-state index contributed by atoms with van der Waals surface area (Å²) in [5.74, 6) is 0.969. The zero-order valence-electron chi connectivity index (χ0n) is 16.8. The summed E-state index contributed by atoms with van der Waals surface area (Å²) in [4.78, 5) is 34.7. The van der Waals surface area contributed by atoms with Crippen molar-refractivity contribution in [1.29, 1.82) is 0 Å². The molecular formula is C20H26N4O4S. The molecule has 9 heteroatoms. The number of hydrogen-bond acceptors (Lipinski definition) is 6. The molecule has 2 atom stereocenters. The van der Waals surface area contributed by atoms with Gasteiger partial charge in [0, 0.05) is 24.2 Å². The predicted molar refractivity (Wildman–Crippen MR) is 111 cm³/mol. The van der Waals surface area contributed by atoms with Gasteiger partial charge in [-0.15, -0.1) is 0 Å². The number of thioether (sulfide) groups is 1. The highest BCUT2D eigenvalue weighted by molar-refractivity contribution is 7.98. The van der Waals surface area contributed by atoms with E-state index in [-0.39, 0.29) is 6.03 Å². The molecule has 0 bridgehead atoms. The summed E-state index contributed by atoms with van der Waals surface area (Å²) < 4.78 is 10.4. The molecule has 1 aliphatic rings. The SMILES string of the molecule is COC(=O)C(CCSC)NC(=O)N1CCc2[nH]cnc2C1c1ccccc1OC. The van der Waals surface area contributed by atoms with Crippen LogP contribution in [0, 0.1) is 0 Å². The quantitative estimate of drug-likeness (QED) is 0.670. The average Bonchev–Trinajstić information content (AvgIpc) is 3.24. The lowest BCUT2D eigenvalue weighted by molar-refractivity contribution is -0.142. The molecule has 29 heavy (non-hydrogen) atoms. The minimum absolute atomic E-state index is 0.328. The Morgan fingerprint density at radius 1 is 1.38 bits per heavy atom. The van der Waals surface area contributed by atoms with Crippen molar-refractivity contribution in [3.8, 4) is 5.75 Å². The number of fused-ring (bicyclic) bond motifs is 1. The topological polar surface area (TPSA) is 96.6 Å². The van der Waals surface area contributed by atoms with Crippen molar-refractivity contribution in [1.82, 2.24) is 20.2 Å². The largest absolute Gasteiger partial charge is 0.496 e. The Morgan fingerprint density at radius 2 is 2.17 bits per heavy atom. The second-order valence-corrected chi connectivity index (χ2v) is 7.65. The Kier molecular flexibility index (Phi) is 7.03. The van der Waals surface area contributed by atoms with Crippen LogP contribution in [0.2, 0.25) is 0 Å². The van der Waals surface area contributed by atoms with E-state index in [9.17, 15) is 9.59 Å². The van der Waals surface area contributed by atoms with Gasteiger partial charge in [-0.05, 0) is 24.5 Å². The smallest absolute Gasteiger partial charge is 0.328 e. The Balaban J connectivity index is 1.92. The summed E-state index contributed by atoms with van der Waals surface area (Å²) in [7, 11) is 2.93. The number of urea groups is 1. The molecule has 2 heterocycles. The van der Waals surface area contributed by atoms with Gasteiger partial charge < -0.3 is 24.7 Å². The van der Waals surface area contributed by atoms with Gasteiger partial charge in [-0.1, -0.05) is 18.2 Å². The number of ether oxygens (including phenoxy) is 2. The van der Waals surface area contributed by atoms with Gasteiger partial charge in [0.25, 0.3) is 0 Å². The van der Waals surface area contributed by atoms with E-state index >= 15 is 0 Å². The summed E-state index contributed by atoms with van der Waals surface area (Å²) in [6, 6.07) is 6.15. The van der Waals surface area contributed by atoms with E-state index in [1.165, 1.54) is 7.11 Å². The molecule has 2 N–H and O–H groups in total. The number of H-pyrrole nitrogens is 1. The van der Waals surface area contributed by atoms with E-state index in [1.807, 2.05) is 30.5 Å². The van der Waals surface area contributed by atoms with Crippen LogP contribution in [-0.2, 0) is 16.0 Å². The number of para-hydroxylation sites is 1. The molecule has 1 aromatic carbocycles. The van der Waals surface area contributed by atoms with Crippen LogP contribution in [0.5, 0.6) is 5.75 Å². The van der Waals surface area contributed by atoms with Gasteiger partial charge in [-0.2, -0.15) is 11.8 Å². The first-order valence-corrected chi connectivity index (χ1v) is 10.8. The fourth-order valence-corrected chi connectivity index (χ4v) is 4.03. The minimum atomic E-state index is -0.696. The normalized spacial score (nSPS) is 16.7. The van der Waals surface area contributed by atoms with Crippen LogP contribution < -0.4 is 10.1 Å². The van der Waals surface area contributed by atoms with Crippen molar-refractivity contribution < 1.29 is 19.1 Å². The maximum Gasteiger partial charge on any atom is 0.328 e. The minimum Gasteiger partial charge on any atom is -0.496 e. The molecular weight excluding hydrogens is 392 g/mol. The Labute approximate surface area is 174 Å². The lowest BCUT2D eigenvalue weighted by Gasteiger charge is -2.36. The lowest BCUT2D eigenvalue weighted by Crippen LogP contribution is -2.51. The summed E-state index contributed by atoms with van der Waals surface area (Å²) in [5, 5.41) is 2.85. The first-order valence-electron chi connectivity index (χ1n) is 9.39. The fourth-order valence-electron chi connectivity index (χ4n) is 3.56. The van der Waals surface area contributed by atoms with Crippen LogP contribution in [0.4, 0.5) is 4.79 Å². The highest BCUT2D eigenvalue weighted by Crippen LogP contribution is 2.37. The molecule has 2 unspecified atom stereocenters. The Morgan fingerprint density at radius 3 is 2.90 bits per heavy atom. The number of esters is 1. The second-order valence-electron chi connectivity index (χ2n) is 6.66. The van der Waals surface area contributed by atoms with E-state index in [4.69, 9.17) is 9.47 Å². The molecule has 0 saturated heterocycles. The molecule has 2 amide bonds. The third kappa shape index (κ3) is 4.50. The van der Waals surface area contributed by atoms with Gasteiger partial charge in [-0.25, -0.2) is 14.6 Å². The molecule has 1 aromatic heterocycles. The maximum absolute atomic E-state index is 13.2. The zero-order chi connectivity index (χ0) is 20.8. The highest BCUT2D eigenvalue weighted by Gasteiger charge is 2.37. The van der Waals surface area contributed by atoms with Crippen LogP contribution in [0.25, 0.3) is 0 Å². The van der Waals surface area contributed by atoms with Gasteiger partial charge >= 0.3 is 12.0 Å². The molecule has 0 radical (unpaired) electrons. The molecule has 0 fully saturated rings. The highest BCUT2D eigenvalue weighted by atomic mass is 32.2. The molecule has 3 rings (SSSR count). The maximum atomic E-state index is 13.2. The molecule has 0 saturated carbocycles. The van der Waals surface area contributed by atoms with Crippen molar-refractivity contribution in [3.63, 3.8) is 0 Å². The van der Waals surface area contributed by atoms with E-state index in [0.717, 1.165) is 22.7 Å². The van der Waals surface area contributed by atoms with Gasteiger partial charge in [0.1, 0.15) is 17.8 Å². The summed E-state index contributed by atoms with van der Waals surface area (Å²) in [5.41, 5.74) is 2.63. The average molecular weight is 419 g/mol. The van der Waals surface area contributed by atoms with Crippen molar-refractivity contribution >= 4 is 23.8 Å². The van der Waals surface area contributed by atoms with E-state index in [0.29, 0.717) is 25.1 Å². The number of nitrogens with zero attached hydrogens (tertiary/aromatic N) is 2. The molecule has 0 aliphatic carbocycles. The zero-order valence-corrected chi connectivity index (χ0v) is 17.6. The first kappa shape index (κ1) is 21.0. The van der Waals surface area contributed by atoms with Crippen LogP contribution in [0.1, 0.15) is 29.4 Å².